The van der Waals surface area contributed by atoms with Gasteiger partial charge in [-0.1, -0.05) is 11.3 Å². The van der Waals surface area contributed by atoms with Crippen molar-refractivity contribution in [1.29, 1.82) is 0 Å². The van der Waals surface area contributed by atoms with Crippen molar-refractivity contribution >= 4 is 28.3 Å². The van der Waals surface area contributed by atoms with Gasteiger partial charge in [-0.05, 0) is 6.92 Å². The molecule has 0 saturated heterocycles. The van der Waals surface area contributed by atoms with Crippen molar-refractivity contribution in [1.82, 2.24) is 4.98 Å². The number of esters is 1. The minimum atomic E-state index is -0.406. The molecule has 7 nitrogen and oxygen atoms in total. The molecule has 0 spiro atoms. The first-order valence-electron chi connectivity index (χ1n) is 6.30. The molecule has 0 unspecified atom stereocenters. The number of ether oxygens (including phenoxy) is 3. The number of nitrogens with zero attached hydrogens (tertiary/aromatic N) is 2. The summed E-state index contributed by atoms with van der Waals surface area (Å²) in [6.45, 7) is 4.29. The molecule has 1 rings (SSSR count). The summed E-state index contributed by atoms with van der Waals surface area (Å²) in [5.41, 5.74) is 5.72. The number of carbonyl (C=O) groups is 1. The van der Waals surface area contributed by atoms with Crippen molar-refractivity contribution in [2.75, 3.05) is 57.8 Å². The SMILES string of the molecule is CCOC(=O)c1sc(N)nc1N(CCOC)CCOC. The zero-order valence-corrected chi connectivity index (χ0v) is 12.9. The fourth-order valence-corrected chi connectivity index (χ4v) is 2.35. The van der Waals surface area contributed by atoms with Crippen LogP contribution in [0.5, 0.6) is 0 Å². The van der Waals surface area contributed by atoms with E-state index in [2.05, 4.69) is 4.98 Å². The molecule has 1 heterocycles. The van der Waals surface area contributed by atoms with Gasteiger partial charge in [0.1, 0.15) is 0 Å². The molecule has 2 N–H and O–H groups in total. The monoisotopic (exact) mass is 303 g/mol. The quantitative estimate of drug-likeness (QED) is 0.681. The third-order valence-corrected chi connectivity index (χ3v) is 3.37. The summed E-state index contributed by atoms with van der Waals surface area (Å²) < 4.78 is 15.2. The highest BCUT2D eigenvalue weighted by Gasteiger charge is 2.23. The van der Waals surface area contributed by atoms with Gasteiger partial charge in [0.05, 0.1) is 19.8 Å². The molecule has 8 heteroatoms. The Morgan fingerprint density at radius 2 is 1.90 bits per heavy atom. The number of methoxy groups -OCH3 is 2. The van der Waals surface area contributed by atoms with Gasteiger partial charge in [0, 0.05) is 27.3 Å². The molecule has 0 amide bonds. The lowest BCUT2D eigenvalue weighted by Gasteiger charge is -2.22. The number of hydrogen-bond donors (Lipinski definition) is 1. The van der Waals surface area contributed by atoms with Crippen molar-refractivity contribution in [3.8, 4) is 0 Å². The molecule has 0 fully saturated rings. The highest BCUT2D eigenvalue weighted by atomic mass is 32.1. The number of aromatic nitrogens is 1. The van der Waals surface area contributed by atoms with E-state index in [1.807, 2.05) is 4.90 Å². The zero-order chi connectivity index (χ0) is 15.0. The summed E-state index contributed by atoms with van der Waals surface area (Å²) in [6, 6.07) is 0. The van der Waals surface area contributed by atoms with Crippen LogP contribution < -0.4 is 10.6 Å². The molecule has 20 heavy (non-hydrogen) atoms. The average Bonchev–Trinajstić information content (AvgIpc) is 2.81. The molecule has 1 aromatic heterocycles. The van der Waals surface area contributed by atoms with Gasteiger partial charge < -0.3 is 24.8 Å². The van der Waals surface area contributed by atoms with Crippen molar-refractivity contribution in [3.63, 3.8) is 0 Å². The van der Waals surface area contributed by atoms with Gasteiger partial charge in [0.25, 0.3) is 0 Å². The van der Waals surface area contributed by atoms with E-state index >= 15 is 0 Å². The van der Waals surface area contributed by atoms with E-state index in [9.17, 15) is 4.79 Å². The summed E-state index contributed by atoms with van der Waals surface area (Å²) in [6.07, 6.45) is 0. The number of anilines is 2. The Balaban J connectivity index is 2.95. The fourth-order valence-electron chi connectivity index (χ4n) is 1.60. The summed E-state index contributed by atoms with van der Waals surface area (Å²) in [7, 11) is 3.24. The van der Waals surface area contributed by atoms with Crippen LogP contribution in [-0.2, 0) is 14.2 Å². The number of nitrogens with two attached hydrogens (primary N) is 1. The van der Waals surface area contributed by atoms with Crippen molar-refractivity contribution in [2.45, 2.75) is 6.92 Å². The zero-order valence-electron chi connectivity index (χ0n) is 12.0. The second-order valence-corrected chi connectivity index (χ2v) is 4.93. The molecular weight excluding hydrogens is 282 g/mol. The van der Waals surface area contributed by atoms with Crippen molar-refractivity contribution in [2.24, 2.45) is 0 Å². The largest absolute Gasteiger partial charge is 0.462 e. The highest BCUT2D eigenvalue weighted by molar-refractivity contribution is 7.17. The molecule has 0 saturated carbocycles. The number of nitrogen functional groups attached to an aromatic ring is 1. The van der Waals surface area contributed by atoms with E-state index in [4.69, 9.17) is 19.9 Å². The minimum Gasteiger partial charge on any atom is -0.462 e. The lowest BCUT2D eigenvalue weighted by molar-refractivity contribution is 0.0532. The Bertz CT molecular complexity index is 417. The van der Waals surface area contributed by atoms with E-state index in [1.54, 1.807) is 21.1 Å². The van der Waals surface area contributed by atoms with Crippen LogP contribution in [0, 0.1) is 0 Å². The first-order valence-corrected chi connectivity index (χ1v) is 7.11. The molecule has 0 atom stereocenters. The van der Waals surface area contributed by atoms with Crippen molar-refractivity contribution < 1.29 is 19.0 Å². The van der Waals surface area contributed by atoms with Crippen molar-refractivity contribution in [3.05, 3.63) is 4.88 Å². The number of rotatable bonds is 9. The standard InChI is InChI=1S/C12H21N3O4S/c1-4-19-11(16)9-10(14-12(13)20-9)15(5-7-17-2)6-8-18-3/h4-8H2,1-3H3,(H2,13,14). The van der Waals surface area contributed by atoms with Gasteiger partial charge in [-0.15, -0.1) is 0 Å². The van der Waals surface area contributed by atoms with Gasteiger partial charge in [0.2, 0.25) is 0 Å². The molecule has 0 aliphatic rings. The van der Waals surface area contributed by atoms with Crippen LogP contribution in [0.25, 0.3) is 0 Å². The van der Waals surface area contributed by atoms with Gasteiger partial charge in [-0.3, -0.25) is 0 Å². The first kappa shape index (κ1) is 16.7. The van der Waals surface area contributed by atoms with Gasteiger partial charge in [-0.2, -0.15) is 0 Å². The van der Waals surface area contributed by atoms with Crippen LogP contribution in [0.15, 0.2) is 0 Å². The maximum Gasteiger partial charge on any atom is 0.352 e. The molecule has 1 aromatic rings. The minimum absolute atomic E-state index is 0.312. The lowest BCUT2D eigenvalue weighted by Crippen LogP contribution is -2.32. The predicted molar refractivity (Wildman–Crippen MR) is 78.4 cm³/mol. The first-order chi connectivity index (χ1) is 9.63. The van der Waals surface area contributed by atoms with E-state index in [0.717, 1.165) is 11.3 Å². The molecule has 0 aliphatic heterocycles. The smallest absolute Gasteiger partial charge is 0.352 e. The van der Waals surface area contributed by atoms with Gasteiger partial charge in [-0.25, -0.2) is 9.78 Å². The maximum absolute atomic E-state index is 11.9. The fraction of sp³-hybridized carbons (Fsp3) is 0.667. The Morgan fingerprint density at radius 3 is 2.40 bits per heavy atom. The third-order valence-electron chi connectivity index (χ3n) is 2.52. The second kappa shape index (κ2) is 8.72. The van der Waals surface area contributed by atoms with E-state index < -0.39 is 5.97 Å². The second-order valence-electron chi connectivity index (χ2n) is 3.90. The molecule has 0 aliphatic carbocycles. The Hall–Kier alpha value is -1.38. The van der Waals surface area contributed by atoms with Crippen LogP contribution in [0.2, 0.25) is 0 Å². The summed E-state index contributed by atoms with van der Waals surface area (Å²) in [5, 5.41) is 0.336. The number of carbonyl (C=O) groups excluding carboxylic acids is 1. The summed E-state index contributed by atoms with van der Waals surface area (Å²) >= 11 is 1.13. The molecular formula is C12H21N3O4S. The topological polar surface area (TPSA) is 86.9 Å². The summed E-state index contributed by atoms with van der Waals surface area (Å²) in [4.78, 5) is 18.5. The summed E-state index contributed by atoms with van der Waals surface area (Å²) in [5.74, 6) is 0.122. The molecule has 0 bridgehead atoms. The van der Waals surface area contributed by atoms with E-state index in [1.165, 1.54) is 0 Å². The Kier molecular flexibility index (Phi) is 7.27. The maximum atomic E-state index is 11.9. The lowest BCUT2D eigenvalue weighted by atomic mass is 10.4. The van der Waals surface area contributed by atoms with Crippen LogP contribution in [0.1, 0.15) is 16.6 Å². The number of hydrogen-bond acceptors (Lipinski definition) is 8. The molecule has 114 valence electrons. The van der Waals surface area contributed by atoms with Gasteiger partial charge >= 0.3 is 5.97 Å². The van der Waals surface area contributed by atoms with Crippen LogP contribution in [0.3, 0.4) is 0 Å². The van der Waals surface area contributed by atoms with Crippen LogP contribution >= 0.6 is 11.3 Å². The van der Waals surface area contributed by atoms with Crippen LogP contribution in [-0.4, -0.2) is 58.1 Å². The Morgan fingerprint density at radius 1 is 1.30 bits per heavy atom. The molecule has 0 radical (unpaired) electrons. The molecule has 0 aromatic carbocycles. The Labute approximate surface area is 122 Å². The van der Waals surface area contributed by atoms with Gasteiger partial charge in [0.15, 0.2) is 15.8 Å². The average molecular weight is 303 g/mol. The highest BCUT2D eigenvalue weighted by Crippen LogP contribution is 2.28. The normalized spacial score (nSPS) is 10.6. The third kappa shape index (κ3) is 4.62. The van der Waals surface area contributed by atoms with E-state index in [-0.39, 0.29) is 0 Å². The predicted octanol–water partition coefficient (Wildman–Crippen LogP) is 1.00. The van der Waals surface area contributed by atoms with E-state index in [0.29, 0.717) is 48.7 Å². The van der Waals surface area contributed by atoms with Crippen LogP contribution in [0.4, 0.5) is 10.9 Å². The number of thiazole rings is 1.